The van der Waals surface area contributed by atoms with E-state index in [9.17, 15) is 0 Å². The predicted octanol–water partition coefficient (Wildman–Crippen LogP) is 6.39. The van der Waals surface area contributed by atoms with Gasteiger partial charge in [-0.2, -0.15) is 0 Å². The molecule has 0 aromatic heterocycles. The summed E-state index contributed by atoms with van der Waals surface area (Å²) in [6, 6.07) is 8.21. The largest absolute Gasteiger partial charge is 0.543 e. The molecule has 0 N–H and O–H groups in total. The summed E-state index contributed by atoms with van der Waals surface area (Å²) in [5.74, 6) is 7.58. The molecule has 0 radical (unpaired) electrons. The Morgan fingerprint density at radius 3 is 2.36 bits per heavy atom. The highest BCUT2D eigenvalue weighted by Gasteiger charge is 2.39. The van der Waals surface area contributed by atoms with Crippen molar-refractivity contribution >= 4 is 8.32 Å². The lowest BCUT2D eigenvalue weighted by Crippen LogP contribution is -2.44. The van der Waals surface area contributed by atoms with Crippen molar-refractivity contribution < 1.29 is 4.43 Å². The van der Waals surface area contributed by atoms with E-state index in [-0.39, 0.29) is 5.04 Å². The Hall–Kier alpha value is -1.20. The van der Waals surface area contributed by atoms with Gasteiger partial charge in [0.15, 0.2) is 0 Å². The summed E-state index contributed by atoms with van der Waals surface area (Å²) >= 11 is 0. The summed E-state index contributed by atoms with van der Waals surface area (Å²) in [7, 11) is -1.81. The normalized spacial score (nSPS) is 11.7. The first-order valence-electron chi connectivity index (χ1n) is 8.55. The molecule has 122 valence electrons. The van der Waals surface area contributed by atoms with Crippen LogP contribution >= 0.6 is 0 Å². The zero-order valence-electron chi connectivity index (χ0n) is 15.3. The van der Waals surface area contributed by atoms with Gasteiger partial charge in [-0.05, 0) is 36.7 Å². The van der Waals surface area contributed by atoms with E-state index in [1.807, 2.05) is 12.1 Å². The first-order chi connectivity index (χ1) is 10.3. The van der Waals surface area contributed by atoms with Crippen molar-refractivity contribution in [3.8, 4) is 17.6 Å². The maximum absolute atomic E-state index is 6.43. The Balaban J connectivity index is 2.77. The van der Waals surface area contributed by atoms with Gasteiger partial charge in [-0.3, -0.25) is 0 Å². The van der Waals surface area contributed by atoms with E-state index in [4.69, 9.17) is 4.43 Å². The van der Waals surface area contributed by atoms with Crippen molar-refractivity contribution in [2.45, 2.75) is 77.9 Å². The second-order valence-corrected chi connectivity index (χ2v) is 12.2. The topological polar surface area (TPSA) is 9.23 Å². The smallest absolute Gasteiger partial charge is 0.250 e. The van der Waals surface area contributed by atoms with Crippen LogP contribution in [0, 0.1) is 11.8 Å². The van der Waals surface area contributed by atoms with Crippen molar-refractivity contribution in [2.75, 3.05) is 0 Å². The van der Waals surface area contributed by atoms with Crippen molar-refractivity contribution in [3.05, 3.63) is 29.8 Å². The summed E-state index contributed by atoms with van der Waals surface area (Å²) in [5.41, 5.74) is 1.03. The standard InChI is InChI=1S/C20H32OSi/c1-7-8-9-10-11-12-15-18-16-13-14-17-19(18)21-22(5,6)20(2,3)4/h13-14,16-17H,7-11H2,1-6H3. The Bertz CT molecular complexity index is 514. The molecule has 0 saturated heterocycles. The summed E-state index contributed by atoms with van der Waals surface area (Å²) in [6.07, 6.45) is 6.05. The van der Waals surface area contributed by atoms with Crippen LogP contribution in [0.4, 0.5) is 0 Å². The molecule has 0 spiro atoms. The van der Waals surface area contributed by atoms with Gasteiger partial charge in [-0.1, -0.05) is 70.9 Å². The van der Waals surface area contributed by atoms with Crippen LogP contribution in [0.15, 0.2) is 24.3 Å². The molecule has 0 aliphatic heterocycles. The van der Waals surface area contributed by atoms with E-state index in [0.717, 1.165) is 17.7 Å². The number of hydrogen-bond donors (Lipinski definition) is 0. The van der Waals surface area contributed by atoms with Crippen LogP contribution in [-0.4, -0.2) is 8.32 Å². The van der Waals surface area contributed by atoms with Gasteiger partial charge in [0.05, 0.1) is 5.56 Å². The van der Waals surface area contributed by atoms with E-state index < -0.39 is 8.32 Å². The fraction of sp³-hybridized carbons (Fsp3) is 0.600. The maximum Gasteiger partial charge on any atom is 0.250 e. The van der Waals surface area contributed by atoms with Gasteiger partial charge in [0, 0.05) is 6.42 Å². The van der Waals surface area contributed by atoms with Gasteiger partial charge in [0.2, 0.25) is 0 Å². The molecular formula is C20H32OSi. The average molecular weight is 317 g/mol. The van der Waals surface area contributed by atoms with E-state index in [1.165, 1.54) is 25.7 Å². The number of hydrogen-bond acceptors (Lipinski definition) is 1. The monoisotopic (exact) mass is 316 g/mol. The first kappa shape index (κ1) is 18.8. The summed E-state index contributed by atoms with van der Waals surface area (Å²) in [6.45, 7) is 13.6. The highest BCUT2D eigenvalue weighted by Crippen LogP contribution is 2.38. The van der Waals surface area contributed by atoms with Crippen molar-refractivity contribution in [2.24, 2.45) is 0 Å². The lowest BCUT2D eigenvalue weighted by molar-refractivity contribution is 0.491. The SMILES string of the molecule is CCCCCCC#Cc1ccccc1O[Si](C)(C)C(C)(C)C. The Labute approximate surface area is 138 Å². The molecule has 0 heterocycles. The zero-order valence-corrected chi connectivity index (χ0v) is 16.3. The second-order valence-electron chi connectivity index (χ2n) is 7.47. The van der Waals surface area contributed by atoms with E-state index >= 15 is 0 Å². The van der Waals surface area contributed by atoms with Crippen LogP contribution in [0.3, 0.4) is 0 Å². The highest BCUT2D eigenvalue weighted by molar-refractivity contribution is 6.74. The third kappa shape index (κ3) is 5.89. The quantitative estimate of drug-likeness (QED) is 0.335. The van der Waals surface area contributed by atoms with Crippen molar-refractivity contribution in [1.29, 1.82) is 0 Å². The molecule has 0 atom stereocenters. The molecule has 0 aliphatic rings. The van der Waals surface area contributed by atoms with E-state index in [1.54, 1.807) is 0 Å². The van der Waals surface area contributed by atoms with Crippen LogP contribution < -0.4 is 4.43 Å². The molecule has 0 amide bonds. The number of unbranched alkanes of at least 4 members (excludes halogenated alkanes) is 4. The van der Waals surface area contributed by atoms with Crippen LogP contribution in [0.1, 0.15) is 65.4 Å². The van der Waals surface area contributed by atoms with E-state index in [0.29, 0.717) is 0 Å². The molecule has 0 bridgehead atoms. The van der Waals surface area contributed by atoms with Gasteiger partial charge in [0.1, 0.15) is 5.75 Å². The van der Waals surface area contributed by atoms with Crippen LogP contribution in [0.25, 0.3) is 0 Å². The van der Waals surface area contributed by atoms with Gasteiger partial charge < -0.3 is 4.43 Å². The number of rotatable bonds is 6. The molecule has 1 aromatic rings. The summed E-state index contributed by atoms with van der Waals surface area (Å²) in [4.78, 5) is 0. The van der Waals surface area contributed by atoms with Crippen molar-refractivity contribution in [3.63, 3.8) is 0 Å². The highest BCUT2D eigenvalue weighted by atomic mass is 28.4. The third-order valence-corrected chi connectivity index (χ3v) is 8.78. The van der Waals surface area contributed by atoms with Gasteiger partial charge in [-0.25, -0.2) is 0 Å². The van der Waals surface area contributed by atoms with E-state index in [2.05, 4.69) is 64.8 Å². The number of para-hydroxylation sites is 1. The molecule has 0 aliphatic carbocycles. The lowest BCUT2D eigenvalue weighted by Gasteiger charge is -2.36. The maximum atomic E-state index is 6.43. The number of benzene rings is 1. The minimum Gasteiger partial charge on any atom is -0.543 e. The Kier molecular flexibility index (Phi) is 7.23. The molecule has 1 aromatic carbocycles. The Morgan fingerprint density at radius 1 is 1.05 bits per heavy atom. The summed E-state index contributed by atoms with van der Waals surface area (Å²) in [5, 5.41) is 0.202. The van der Waals surface area contributed by atoms with Gasteiger partial charge in [-0.15, -0.1) is 0 Å². The molecule has 22 heavy (non-hydrogen) atoms. The molecule has 0 fully saturated rings. The van der Waals surface area contributed by atoms with Gasteiger partial charge in [0.25, 0.3) is 8.32 Å². The first-order valence-corrected chi connectivity index (χ1v) is 11.5. The third-order valence-electron chi connectivity index (χ3n) is 4.44. The molecular weight excluding hydrogens is 284 g/mol. The fourth-order valence-corrected chi connectivity index (χ4v) is 2.92. The van der Waals surface area contributed by atoms with Crippen LogP contribution in [-0.2, 0) is 0 Å². The minimum absolute atomic E-state index is 0.202. The second kappa shape index (κ2) is 8.43. The van der Waals surface area contributed by atoms with Crippen LogP contribution in [0.2, 0.25) is 18.1 Å². The van der Waals surface area contributed by atoms with Gasteiger partial charge >= 0.3 is 0 Å². The van der Waals surface area contributed by atoms with Crippen molar-refractivity contribution in [1.82, 2.24) is 0 Å². The zero-order chi connectivity index (χ0) is 16.6. The predicted molar refractivity (Wildman–Crippen MR) is 99.9 cm³/mol. The minimum atomic E-state index is -1.81. The Morgan fingerprint density at radius 2 is 1.73 bits per heavy atom. The molecule has 0 saturated carbocycles. The summed E-state index contributed by atoms with van der Waals surface area (Å²) < 4.78 is 6.43. The molecule has 1 nitrogen and oxygen atoms in total. The lowest BCUT2D eigenvalue weighted by atomic mass is 10.1. The molecule has 0 unspecified atom stereocenters. The molecule has 2 heteroatoms. The molecule has 1 rings (SSSR count). The average Bonchev–Trinajstić information content (AvgIpc) is 2.43. The fourth-order valence-electron chi connectivity index (χ4n) is 1.88. The van der Waals surface area contributed by atoms with Crippen LogP contribution in [0.5, 0.6) is 5.75 Å².